The Kier molecular flexibility index (Phi) is 4.93. The zero-order chi connectivity index (χ0) is 15.6. The number of nitrogens with one attached hydrogen (secondary N) is 1. The van der Waals surface area contributed by atoms with E-state index in [1.54, 1.807) is 37.3 Å². The second-order valence-electron chi connectivity index (χ2n) is 4.47. The number of halogens is 2. The molecular weight excluding hydrogens is 376 g/mol. The summed E-state index contributed by atoms with van der Waals surface area (Å²) in [4.78, 5) is 0.215. The molecule has 3 N–H and O–H groups in total. The topological polar surface area (TPSA) is 72.2 Å². The summed E-state index contributed by atoms with van der Waals surface area (Å²) in [7, 11) is -3.69. The minimum Gasteiger partial charge on any atom is -0.326 e. The number of rotatable bonds is 4. The van der Waals surface area contributed by atoms with Crippen LogP contribution in [0.15, 0.2) is 45.8 Å². The summed E-state index contributed by atoms with van der Waals surface area (Å²) in [5.74, 6) is 0. The fourth-order valence-corrected chi connectivity index (χ4v) is 4.23. The maximum Gasteiger partial charge on any atom is 0.262 e. The van der Waals surface area contributed by atoms with E-state index in [1.807, 2.05) is 6.07 Å². The van der Waals surface area contributed by atoms with Crippen LogP contribution in [0.5, 0.6) is 0 Å². The van der Waals surface area contributed by atoms with Gasteiger partial charge in [0, 0.05) is 16.0 Å². The summed E-state index contributed by atoms with van der Waals surface area (Å²) in [6, 6.07) is 9.90. The molecule has 0 unspecified atom stereocenters. The molecular formula is C14H14BrClN2O2S. The van der Waals surface area contributed by atoms with Crippen LogP contribution in [0.2, 0.25) is 5.02 Å². The van der Waals surface area contributed by atoms with Gasteiger partial charge in [-0.1, -0.05) is 23.7 Å². The van der Waals surface area contributed by atoms with Gasteiger partial charge in [0.05, 0.1) is 10.6 Å². The molecule has 0 radical (unpaired) electrons. The van der Waals surface area contributed by atoms with Crippen molar-refractivity contribution in [2.45, 2.75) is 18.4 Å². The van der Waals surface area contributed by atoms with Gasteiger partial charge in [0.1, 0.15) is 0 Å². The Morgan fingerprint density at radius 2 is 2.00 bits per heavy atom. The zero-order valence-corrected chi connectivity index (χ0v) is 14.4. The molecule has 2 rings (SSSR count). The van der Waals surface area contributed by atoms with Crippen LogP contribution in [-0.4, -0.2) is 8.42 Å². The molecule has 0 amide bonds. The van der Waals surface area contributed by atoms with Crippen molar-refractivity contribution in [1.29, 1.82) is 0 Å². The second-order valence-corrected chi connectivity index (χ2v) is 7.42. The van der Waals surface area contributed by atoms with E-state index >= 15 is 0 Å². The average Bonchev–Trinajstić information content (AvgIpc) is 2.42. The third-order valence-corrected chi connectivity index (χ3v) is 5.48. The van der Waals surface area contributed by atoms with Crippen LogP contribution >= 0.6 is 27.5 Å². The van der Waals surface area contributed by atoms with E-state index in [9.17, 15) is 8.42 Å². The van der Waals surface area contributed by atoms with Gasteiger partial charge in [-0.15, -0.1) is 0 Å². The van der Waals surface area contributed by atoms with Crippen molar-refractivity contribution in [2.24, 2.45) is 5.73 Å². The Morgan fingerprint density at radius 1 is 1.29 bits per heavy atom. The van der Waals surface area contributed by atoms with Gasteiger partial charge in [-0.2, -0.15) is 0 Å². The molecule has 0 fully saturated rings. The Hall–Kier alpha value is -1.08. The predicted octanol–water partition coefficient (Wildman–Crippen LogP) is 3.67. The zero-order valence-electron chi connectivity index (χ0n) is 11.2. The van der Waals surface area contributed by atoms with Gasteiger partial charge >= 0.3 is 0 Å². The van der Waals surface area contributed by atoms with Crippen LogP contribution in [0.3, 0.4) is 0 Å². The maximum atomic E-state index is 12.5. The molecule has 0 saturated heterocycles. The van der Waals surface area contributed by atoms with Crippen molar-refractivity contribution in [2.75, 3.05) is 4.72 Å². The molecule has 0 aromatic heterocycles. The molecule has 21 heavy (non-hydrogen) atoms. The summed E-state index contributed by atoms with van der Waals surface area (Å²) >= 11 is 9.14. The van der Waals surface area contributed by atoms with E-state index in [-0.39, 0.29) is 4.90 Å². The molecule has 112 valence electrons. The third-order valence-electron chi connectivity index (χ3n) is 3.08. The molecule has 0 aliphatic rings. The van der Waals surface area contributed by atoms with E-state index < -0.39 is 10.0 Å². The van der Waals surface area contributed by atoms with Gasteiger partial charge in [-0.25, -0.2) is 8.42 Å². The van der Waals surface area contributed by atoms with Crippen LogP contribution < -0.4 is 10.5 Å². The highest BCUT2D eigenvalue weighted by atomic mass is 79.9. The lowest BCUT2D eigenvalue weighted by atomic mass is 10.1. The molecule has 4 nitrogen and oxygen atoms in total. The van der Waals surface area contributed by atoms with Gasteiger partial charge in [-0.05, 0) is 58.2 Å². The molecule has 0 heterocycles. The smallest absolute Gasteiger partial charge is 0.262 e. The first-order valence-electron chi connectivity index (χ1n) is 6.11. The molecule has 7 heteroatoms. The van der Waals surface area contributed by atoms with Gasteiger partial charge in [-0.3, -0.25) is 4.72 Å². The summed E-state index contributed by atoms with van der Waals surface area (Å²) < 4.78 is 28.2. The predicted molar refractivity (Wildman–Crippen MR) is 89.0 cm³/mol. The number of sulfonamides is 1. The highest BCUT2D eigenvalue weighted by Crippen LogP contribution is 2.29. The van der Waals surface area contributed by atoms with Crippen LogP contribution in [0.25, 0.3) is 0 Å². The highest BCUT2D eigenvalue weighted by Gasteiger charge is 2.19. The summed E-state index contributed by atoms with van der Waals surface area (Å²) in [5.41, 5.74) is 7.50. The normalized spacial score (nSPS) is 11.4. The molecule has 2 aromatic rings. The quantitative estimate of drug-likeness (QED) is 0.838. The Balaban J connectivity index is 2.43. The minimum absolute atomic E-state index is 0.215. The van der Waals surface area contributed by atoms with Crippen molar-refractivity contribution in [3.63, 3.8) is 0 Å². The maximum absolute atomic E-state index is 12.5. The van der Waals surface area contributed by atoms with Crippen molar-refractivity contribution in [3.05, 3.63) is 57.0 Å². The molecule has 0 saturated carbocycles. The largest absolute Gasteiger partial charge is 0.326 e. The molecule has 2 aromatic carbocycles. The van der Waals surface area contributed by atoms with Crippen LogP contribution in [-0.2, 0) is 16.6 Å². The minimum atomic E-state index is -3.69. The molecule has 0 aliphatic heterocycles. The van der Waals surface area contributed by atoms with Crippen molar-refractivity contribution >= 4 is 43.2 Å². The summed E-state index contributed by atoms with van der Waals surface area (Å²) in [6.45, 7) is 2.04. The first-order chi connectivity index (χ1) is 9.85. The third kappa shape index (κ3) is 3.58. The second kappa shape index (κ2) is 6.36. The van der Waals surface area contributed by atoms with E-state index in [4.69, 9.17) is 17.3 Å². The van der Waals surface area contributed by atoms with Crippen molar-refractivity contribution < 1.29 is 8.42 Å². The number of benzene rings is 2. The fraction of sp³-hybridized carbons (Fsp3) is 0.143. The monoisotopic (exact) mass is 388 g/mol. The van der Waals surface area contributed by atoms with Gasteiger partial charge in [0.15, 0.2) is 0 Å². The van der Waals surface area contributed by atoms with E-state index in [1.165, 1.54) is 0 Å². The first-order valence-corrected chi connectivity index (χ1v) is 8.77. The summed E-state index contributed by atoms with van der Waals surface area (Å²) in [6.07, 6.45) is 0. The summed E-state index contributed by atoms with van der Waals surface area (Å²) in [5, 5.41) is 0.520. The lowest BCUT2D eigenvalue weighted by Crippen LogP contribution is -2.16. The Bertz CT molecular complexity index is 779. The van der Waals surface area contributed by atoms with Crippen LogP contribution in [0, 0.1) is 6.92 Å². The fourth-order valence-electron chi connectivity index (χ4n) is 1.94. The number of hydrogen-bond acceptors (Lipinski definition) is 3. The molecule has 0 bridgehead atoms. The lowest BCUT2D eigenvalue weighted by Gasteiger charge is -2.13. The van der Waals surface area contributed by atoms with Crippen LogP contribution in [0.4, 0.5) is 5.69 Å². The lowest BCUT2D eigenvalue weighted by molar-refractivity contribution is 0.600. The van der Waals surface area contributed by atoms with Crippen molar-refractivity contribution in [1.82, 2.24) is 0 Å². The number of hydrogen-bond donors (Lipinski definition) is 2. The van der Waals surface area contributed by atoms with Gasteiger partial charge in [0.25, 0.3) is 10.0 Å². The highest BCUT2D eigenvalue weighted by molar-refractivity contribution is 9.10. The number of anilines is 1. The van der Waals surface area contributed by atoms with E-state index in [2.05, 4.69) is 20.7 Å². The Morgan fingerprint density at radius 3 is 2.62 bits per heavy atom. The van der Waals surface area contributed by atoms with Gasteiger partial charge < -0.3 is 5.73 Å². The molecule has 0 aliphatic carbocycles. The molecule has 0 spiro atoms. The average molecular weight is 390 g/mol. The number of nitrogens with two attached hydrogens (primary N) is 1. The van der Waals surface area contributed by atoms with Gasteiger partial charge in [0.2, 0.25) is 0 Å². The molecule has 0 atom stereocenters. The van der Waals surface area contributed by atoms with E-state index in [0.717, 1.165) is 5.56 Å². The van der Waals surface area contributed by atoms with Crippen molar-refractivity contribution in [3.8, 4) is 0 Å². The SMILES string of the molecule is Cc1c(CN)cccc1S(=O)(=O)Nc1ccc(Cl)cc1Br. The first kappa shape index (κ1) is 16.3. The Labute approximate surface area is 137 Å². The standard InChI is InChI=1S/C14H14BrClN2O2S/c1-9-10(8-17)3-2-4-14(9)21(19,20)18-13-6-5-11(16)7-12(13)15/h2-7,18H,8,17H2,1H3. The van der Waals surface area contributed by atoms with Crippen LogP contribution in [0.1, 0.15) is 11.1 Å². The van der Waals surface area contributed by atoms with E-state index in [0.29, 0.717) is 27.3 Å².